The van der Waals surface area contributed by atoms with E-state index >= 15 is 0 Å². The molecular formula is C17H18N2O3. The SMILES string of the molecule is CCC(NC(=O)c1cc(C2CC2)nc2ccccc12)C(=O)O. The number of nitrogens with zero attached hydrogens (tertiary/aromatic N) is 1. The molecule has 0 radical (unpaired) electrons. The number of rotatable bonds is 5. The summed E-state index contributed by atoms with van der Waals surface area (Å²) in [6.07, 6.45) is 2.54. The molecule has 1 fully saturated rings. The Bertz CT molecular complexity index is 738. The summed E-state index contributed by atoms with van der Waals surface area (Å²) in [6, 6.07) is 8.40. The third kappa shape index (κ3) is 2.79. The molecule has 1 aromatic carbocycles. The number of hydrogen-bond acceptors (Lipinski definition) is 3. The predicted molar refractivity (Wildman–Crippen MR) is 82.9 cm³/mol. The molecule has 2 N–H and O–H groups in total. The Hall–Kier alpha value is -2.43. The van der Waals surface area contributed by atoms with Crippen molar-refractivity contribution in [1.29, 1.82) is 0 Å². The average molecular weight is 298 g/mol. The van der Waals surface area contributed by atoms with Crippen LogP contribution >= 0.6 is 0 Å². The van der Waals surface area contributed by atoms with Crippen molar-refractivity contribution in [2.75, 3.05) is 0 Å². The Kier molecular flexibility index (Phi) is 3.79. The third-order valence-corrected chi connectivity index (χ3v) is 3.99. The molecule has 1 aliphatic carbocycles. The number of amides is 1. The first-order valence-corrected chi connectivity index (χ1v) is 7.53. The average Bonchev–Trinajstić information content (AvgIpc) is 3.35. The number of aromatic nitrogens is 1. The van der Waals surface area contributed by atoms with Gasteiger partial charge in [0.05, 0.1) is 11.1 Å². The second kappa shape index (κ2) is 5.75. The second-order valence-corrected chi connectivity index (χ2v) is 5.66. The maximum Gasteiger partial charge on any atom is 0.326 e. The minimum Gasteiger partial charge on any atom is -0.480 e. The highest BCUT2D eigenvalue weighted by atomic mass is 16.4. The van der Waals surface area contributed by atoms with E-state index in [0.717, 1.165) is 29.4 Å². The quantitative estimate of drug-likeness (QED) is 0.889. The molecule has 5 heteroatoms. The molecule has 1 aromatic heterocycles. The summed E-state index contributed by atoms with van der Waals surface area (Å²) in [7, 11) is 0. The van der Waals surface area contributed by atoms with Crippen LogP contribution in [0.1, 0.15) is 48.2 Å². The highest BCUT2D eigenvalue weighted by Crippen LogP contribution is 2.40. The van der Waals surface area contributed by atoms with Crippen molar-refractivity contribution in [3.8, 4) is 0 Å². The normalized spacial score (nSPS) is 15.5. The molecular weight excluding hydrogens is 280 g/mol. The number of aliphatic carboxylic acids is 1. The van der Waals surface area contributed by atoms with Crippen LogP contribution in [0.2, 0.25) is 0 Å². The van der Waals surface area contributed by atoms with Crippen LogP contribution in [0.15, 0.2) is 30.3 Å². The fourth-order valence-electron chi connectivity index (χ4n) is 2.55. The number of carboxylic acids is 1. The number of carbonyl (C=O) groups is 2. The summed E-state index contributed by atoms with van der Waals surface area (Å²) in [6.45, 7) is 1.74. The number of carboxylic acid groups (broad SMARTS) is 1. The summed E-state index contributed by atoms with van der Waals surface area (Å²) in [5.74, 6) is -0.941. The highest BCUT2D eigenvalue weighted by Gasteiger charge is 2.27. The summed E-state index contributed by atoms with van der Waals surface area (Å²) in [4.78, 5) is 28.3. The second-order valence-electron chi connectivity index (χ2n) is 5.66. The van der Waals surface area contributed by atoms with Crippen molar-refractivity contribution >= 4 is 22.8 Å². The van der Waals surface area contributed by atoms with Crippen LogP contribution in [-0.4, -0.2) is 28.0 Å². The highest BCUT2D eigenvalue weighted by molar-refractivity contribution is 6.07. The van der Waals surface area contributed by atoms with E-state index in [4.69, 9.17) is 5.11 Å². The van der Waals surface area contributed by atoms with Crippen molar-refractivity contribution in [1.82, 2.24) is 10.3 Å². The van der Waals surface area contributed by atoms with Crippen LogP contribution in [0.3, 0.4) is 0 Å². The van der Waals surface area contributed by atoms with Gasteiger partial charge in [0.2, 0.25) is 0 Å². The lowest BCUT2D eigenvalue weighted by molar-refractivity contribution is -0.139. The molecule has 0 aliphatic heterocycles. The Labute approximate surface area is 128 Å². The Morgan fingerprint density at radius 1 is 1.36 bits per heavy atom. The molecule has 22 heavy (non-hydrogen) atoms. The Morgan fingerprint density at radius 2 is 2.09 bits per heavy atom. The van der Waals surface area contributed by atoms with Crippen molar-refractivity contribution in [2.45, 2.75) is 38.1 Å². The molecule has 114 valence electrons. The van der Waals surface area contributed by atoms with Gasteiger partial charge in [0.15, 0.2) is 0 Å². The first-order valence-electron chi connectivity index (χ1n) is 7.53. The Morgan fingerprint density at radius 3 is 2.73 bits per heavy atom. The molecule has 3 rings (SSSR count). The van der Waals surface area contributed by atoms with Crippen LogP contribution in [0.25, 0.3) is 10.9 Å². The van der Waals surface area contributed by atoms with E-state index in [-0.39, 0.29) is 5.91 Å². The summed E-state index contributed by atoms with van der Waals surface area (Å²) in [5, 5.41) is 12.5. The molecule has 0 spiro atoms. The summed E-state index contributed by atoms with van der Waals surface area (Å²) < 4.78 is 0. The zero-order chi connectivity index (χ0) is 15.7. The van der Waals surface area contributed by atoms with Crippen molar-refractivity contribution in [2.24, 2.45) is 0 Å². The van der Waals surface area contributed by atoms with Gasteiger partial charge in [-0.3, -0.25) is 9.78 Å². The van der Waals surface area contributed by atoms with Crippen LogP contribution in [0.5, 0.6) is 0 Å². The lowest BCUT2D eigenvalue weighted by atomic mass is 10.0. The van der Waals surface area contributed by atoms with Crippen molar-refractivity contribution in [3.05, 3.63) is 41.6 Å². The van der Waals surface area contributed by atoms with Gasteiger partial charge in [-0.05, 0) is 31.4 Å². The van der Waals surface area contributed by atoms with E-state index in [2.05, 4.69) is 10.3 Å². The van der Waals surface area contributed by atoms with Crippen LogP contribution < -0.4 is 5.32 Å². The number of fused-ring (bicyclic) bond motifs is 1. The number of carbonyl (C=O) groups excluding carboxylic acids is 1. The van der Waals surface area contributed by atoms with Gasteiger partial charge in [-0.1, -0.05) is 25.1 Å². The van der Waals surface area contributed by atoms with Gasteiger partial charge in [0.1, 0.15) is 6.04 Å². The minimum atomic E-state index is -1.02. The number of hydrogen-bond donors (Lipinski definition) is 2. The maximum atomic E-state index is 12.5. The lowest BCUT2D eigenvalue weighted by Gasteiger charge is -2.14. The van der Waals surface area contributed by atoms with E-state index in [1.165, 1.54) is 0 Å². The molecule has 2 aromatic rings. The molecule has 1 atom stereocenters. The minimum absolute atomic E-state index is 0.347. The van der Waals surface area contributed by atoms with E-state index in [1.54, 1.807) is 6.92 Å². The van der Waals surface area contributed by atoms with Crippen LogP contribution in [0, 0.1) is 0 Å². The summed E-state index contributed by atoms with van der Waals surface area (Å²) >= 11 is 0. The fraction of sp³-hybridized carbons (Fsp3) is 0.353. The topological polar surface area (TPSA) is 79.3 Å². The third-order valence-electron chi connectivity index (χ3n) is 3.99. The first kappa shape index (κ1) is 14.5. The molecule has 0 bridgehead atoms. The number of benzene rings is 1. The van der Waals surface area contributed by atoms with Gasteiger partial charge in [0, 0.05) is 17.0 Å². The van der Waals surface area contributed by atoms with E-state index in [0.29, 0.717) is 17.9 Å². The number of para-hydroxylation sites is 1. The molecule has 1 unspecified atom stereocenters. The van der Waals surface area contributed by atoms with Gasteiger partial charge in [-0.15, -0.1) is 0 Å². The van der Waals surface area contributed by atoms with E-state index < -0.39 is 12.0 Å². The molecule has 1 amide bonds. The largest absolute Gasteiger partial charge is 0.480 e. The molecule has 1 saturated carbocycles. The smallest absolute Gasteiger partial charge is 0.326 e. The van der Waals surface area contributed by atoms with Gasteiger partial charge in [0.25, 0.3) is 5.91 Å². The monoisotopic (exact) mass is 298 g/mol. The predicted octanol–water partition coefficient (Wildman–Crippen LogP) is 2.71. The first-order chi connectivity index (χ1) is 10.6. The zero-order valence-corrected chi connectivity index (χ0v) is 12.4. The fourth-order valence-corrected chi connectivity index (χ4v) is 2.55. The Balaban J connectivity index is 2.00. The van der Waals surface area contributed by atoms with Crippen LogP contribution in [0.4, 0.5) is 0 Å². The maximum absolute atomic E-state index is 12.5. The van der Waals surface area contributed by atoms with Gasteiger partial charge in [-0.2, -0.15) is 0 Å². The molecule has 0 saturated heterocycles. The number of pyridine rings is 1. The van der Waals surface area contributed by atoms with Crippen LogP contribution in [-0.2, 0) is 4.79 Å². The summed E-state index contributed by atoms with van der Waals surface area (Å²) in [5.41, 5.74) is 2.21. The molecule has 1 heterocycles. The van der Waals surface area contributed by atoms with Crippen molar-refractivity contribution < 1.29 is 14.7 Å². The van der Waals surface area contributed by atoms with Gasteiger partial charge >= 0.3 is 5.97 Å². The lowest BCUT2D eigenvalue weighted by Crippen LogP contribution is -2.40. The number of nitrogens with one attached hydrogen (secondary N) is 1. The van der Waals surface area contributed by atoms with E-state index in [1.807, 2.05) is 30.3 Å². The van der Waals surface area contributed by atoms with Gasteiger partial charge in [-0.25, -0.2) is 4.79 Å². The van der Waals surface area contributed by atoms with Crippen molar-refractivity contribution in [3.63, 3.8) is 0 Å². The molecule has 5 nitrogen and oxygen atoms in total. The standard InChI is InChI=1S/C17H18N2O3/c1-2-13(17(21)22)19-16(20)12-9-15(10-7-8-10)18-14-6-4-3-5-11(12)14/h3-6,9-10,13H,2,7-8H2,1H3,(H,19,20)(H,21,22). The zero-order valence-electron chi connectivity index (χ0n) is 12.4. The van der Waals surface area contributed by atoms with E-state index in [9.17, 15) is 9.59 Å². The van der Waals surface area contributed by atoms with Gasteiger partial charge < -0.3 is 10.4 Å². The molecule has 1 aliphatic rings.